The van der Waals surface area contributed by atoms with Crippen molar-refractivity contribution in [1.82, 2.24) is 10.6 Å². The van der Waals surface area contributed by atoms with Crippen molar-refractivity contribution in [2.24, 2.45) is 4.99 Å². The molecule has 0 saturated carbocycles. The van der Waals surface area contributed by atoms with Crippen molar-refractivity contribution in [2.45, 2.75) is 19.1 Å². The van der Waals surface area contributed by atoms with Gasteiger partial charge in [0.05, 0.1) is 12.7 Å². The Morgan fingerprint density at radius 2 is 1.88 bits per heavy atom. The third-order valence-corrected chi connectivity index (χ3v) is 3.34. The lowest BCUT2D eigenvalue weighted by atomic mass is 10.2. The Kier molecular flexibility index (Phi) is 6.65. The van der Waals surface area contributed by atoms with Gasteiger partial charge >= 0.3 is 6.18 Å². The standard InChI is InChI=1S/C17H19F3N4O2/c1-21-16(22-9-8-17(18,19)20)23-11-12-4-6-13(7-5-12)24-15(25)14-3-2-10-26-14/h2-7,10H,8-9,11H2,1H3,(H,24,25)(H2,21,22,23). The summed E-state index contributed by atoms with van der Waals surface area (Å²) in [7, 11) is 1.48. The molecule has 140 valence electrons. The highest BCUT2D eigenvalue weighted by Gasteiger charge is 2.26. The minimum Gasteiger partial charge on any atom is -0.459 e. The van der Waals surface area contributed by atoms with Gasteiger partial charge in [-0.15, -0.1) is 0 Å². The van der Waals surface area contributed by atoms with E-state index in [2.05, 4.69) is 20.9 Å². The van der Waals surface area contributed by atoms with Crippen LogP contribution in [0.1, 0.15) is 22.5 Å². The SMILES string of the molecule is CN=C(NCCC(F)(F)F)NCc1ccc(NC(=O)c2ccco2)cc1. The van der Waals surface area contributed by atoms with Gasteiger partial charge in [0.1, 0.15) is 0 Å². The molecule has 0 spiro atoms. The first kappa shape index (κ1) is 19.4. The number of furan rings is 1. The Labute approximate surface area is 148 Å². The first-order valence-electron chi connectivity index (χ1n) is 7.82. The molecule has 1 aromatic carbocycles. The van der Waals surface area contributed by atoms with E-state index in [1.54, 1.807) is 36.4 Å². The first-order chi connectivity index (χ1) is 12.4. The lowest BCUT2D eigenvalue weighted by Gasteiger charge is -2.13. The number of carbonyl (C=O) groups excluding carboxylic acids is 1. The lowest BCUT2D eigenvalue weighted by molar-refractivity contribution is -0.132. The molecule has 0 aliphatic carbocycles. The van der Waals surface area contributed by atoms with Crippen LogP contribution in [0.25, 0.3) is 0 Å². The first-order valence-corrected chi connectivity index (χ1v) is 7.82. The number of hydrogen-bond acceptors (Lipinski definition) is 3. The van der Waals surface area contributed by atoms with Crippen molar-refractivity contribution in [1.29, 1.82) is 0 Å². The van der Waals surface area contributed by atoms with Crippen molar-refractivity contribution in [3.63, 3.8) is 0 Å². The maximum atomic E-state index is 12.1. The molecule has 0 aliphatic rings. The van der Waals surface area contributed by atoms with Gasteiger partial charge < -0.3 is 20.4 Å². The predicted octanol–water partition coefficient (Wildman–Crippen LogP) is 3.15. The Bertz CT molecular complexity index is 725. The Hall–Kier alpha value is -2.97. The molecule has 9 heteroatoms. The molecule has 2 aromatic rings. The summed E-state index contributed by atoms with van der Waals surface area (Å²) in [5.41, 5.74) is 1.47. The van der Waals surface area contributed by atoms with Gasteiger partial charge in [-0.1, -0.05) is 12.1 Å². The molecule has 0 atom stereocenters. The Morgan fingerprint density at radius 3 is 2.46 bits per heavy atom. The average Bonchev–Trinajstić information content (AvgIpc) is 3.13. The number of anilines is 1. The van der Waals surface area contributed by atoms with Crippen LogP contribution in [0.15, 0.2) is 52.1 Å². The van der Waals surface area contributed by atoms with Crippen molar-refractivity contribution < 1.29 is 22.4 Å². The molecule has 0 saturated heterocycles. The molecule has 6 nitrogen and oxygen atoms in total. The smallest absolute Gasteiger partial charge is 0.390 e. The summed E-state index contributed by atoms with van der Waals surface area (Å²) < 4.78 is 41.4. The Morgan fingerprint density at radius 1 is 1.15 bits per heavy atom. The highest BCUT2D eigenvalue weighted by atomic mass is 19.4. The molecule has 0 radical (unpaired) electrons. The van der Waals surface area contributed by atoms with E-state index in [4.69, 9.17) is 4.42 Å². The summed E-state index contributed by atoms with van der Waals surface area (Å²) in [5, 5.41) is 8.22. The van der Waals surface area contributed by atoms with Crippen molar-refractivity contribution in [3.8, 4) is 0 Å². The number of nitrogens with one attached hydrogen (secondary N) is 3. The van der Waals surface area contributed by atoms with Crippen LogP contribution in [0.3, 0.4) is 0 Å². The molecular formula is C17H19F3N4O2. The van der Waals surface area contributed by atoms with E-state index >= 15 is 0 Å². The predicted molar refractivity (Wildman–Crippen MR) is 92.0 cm³/mol. The van der Waals surface area contributed by atoms with Crippen LogP contribution in [0, 0.1) is 0 Å². The number of hydrogen-bond donors (Lipinski definition) is 3. The van der Waals surface area contributed by atoms with Gasteiger partial charge in [0.25, 0.3) is 5.91 Å². The van der Waals surface area contributed by atoms with Crippen LogP contribution in [0.5, 0.6) is 0 Å². The van der Waals surface area contributed by atoms with Crippen molar-refractivity contribution in [2.75, 3.05) is 18.9 Å². The fourth-order valence-corrected chi connectivity index (χ4v) is 2.04. The molecule has 0 unspecified atom stereocenters. The van der Waals surface area contributed by atoms with Crippen molar-refractivity contribution in [3.05, 3.63) is 54.0 Å². The zero-order chi connectivity index (χ0) is 19.0. The van der Waals surface area contributed by atoms with E-state index < -0.39 is 12.6 Å². The molecule has 1 amide bonds. The number of benzene rings is 1. The molecule has 3 N–H and O–H groups in total. The summed E-state index contributed by atoms with van der Waals surface area (Å²) in [6, 6.07) is 10.2. The normalized spacial score (nSPS) is 11.9. The number of aliphatic imine (C=N–C) groups is 1. The van der Waals surface area contributed by atoms with Gasteiger partial charge in [-0.25, -0.2) is 0 Å². The highest BCUT2D eigenvalue weighted by Crippen LogP contribution is 2.18. The fourth-order valence-electron chi connectivity index (χ4n) is 2.04. The summed E-state index contributed by atoms with van der Waals surface area (Å²) in [6.07, 6.45) is -3.72. The number of nitrogens with zero attached hydrogens (tertiary/aromatic N) is 1. The number of halogens is 3. The van der Waals surface area contributed by atoms with Crippen LogP contribution in [-0.4, -0.2) is 31.6 Å². The number of rotatable bonds is 6. The van der Waals surface area contributed by atoms with E-state index in [-0.39, 0.29) is 24.2 Å². The quantitative estimate of drug-likeness (QED) is 0.541. The Balaban J connectivity index is 1.80. The summed E-state index contributed by atoms with van der Waals surface area (Å²) in [6.45, 7) is 0.124. The minimum atomic E-state index is -4.21. The van der Waals surface area contributed by atoms with E-state index in [0.717, 1.165) is 5.56 Å². The third kappa shape index (κ3) is 6.50. The number of guanidine groups is 1. The second-order valence-electron chi connectivity index (χ2n) is 5.35. The lowest BCUT2D eigenvalue weighted by Crippen LogP contribution is -2.38. The summed E-state index contributed by atoms with van der Waals surface area (Å²) in [5.74, 6) is 0.143. The van der Waals surface area contributed by atoms with Gasteiger partial charge in [-0.05, 0) is 29.8 Å². The molecule has 0 bridgehead atoms. The summed E-state index contributed by atoms with van der Waals surface area (Å²) in [4.78, 5) is 15.7. The largest absolute Gasteiger partial charge is 0.459 e. The third-order valence-electron chi connectivity index (χ3n) is 3.34. The maximum Gasteiger partial charge on any atom is 0.390 e. The molecule has 1 aromatic heterocycles. The molecule has 26 heavy (non-hydrogen) atoms. The minimum absolute atomic E-state index is 0.212. The van der Waals surface area contributed by atoms with Gasteiger partial charge in [-0.2, -0.15) is 13.2 Å². The van der Waals surface area contributed by atoms with Crippen LogP contribution in [0.2, 0.25) is 0 Å². The molecule has 0 fully saturated rings. The summed E-state index contributed by atoms with van der Waals surface area (Å²) >= 11 is 0. The van der Waals surface area contributed by atoms with Gasteiger partial charge in [-0.3, -0.25) is 9.79 Å². The number of alkyl halides is 3. The maximum absolute atomic E-state index is 12.1. The topological polar surface area (TPSA) is 78.7 Å². The number of amides is 1. The van der Waals surface area contributed by atoms with E-state index in [9.17, 15) is 18.0 Å². The molecule has 0 aliphatic heterocycles. The average molecular weight is 368 g/mol. The zero-order valence-electron chi connectivity index (χ0n) is 14.1. The monoisotopic (exact) mass is 368 g/mol. The number of carbonyl (C=O) groups is 1. The molecule has 1 heterocycles. The molecular weight excluding hydrogens is 349 g/mol. The van der Waals surface area contributed by atoms with Crippen LogP contribution >= 0.6 is 0 Å². The fraction of sp³-hybridized carbons (Fsp3) is 0.294. The van der Waals surface area contributed by atoms with Crippen LogP contribution in [-0.2, 0) is 6.54 Å². The van der Waals surface area contributed by atoms with E-state index in [0.29, 0.717) is 12.2 Å². The van der Waals surface area contributed by atoms with Crippen LogP contribution in [0.4, 0.5) is 18.9 Å². The molecule has 2 rings (SSSR count). The zero-order valence-corrected chi connectivity index (χ0v) is 14.1. The van der Waals surface area contributed by atoms with Crippen LogP contribution < -0.4 is 16.0 Å². The second-order valence-corrected chi connectivity index (χ2v) is 5.35. The van der Waals surface area contributed by atoms with Gasteiger partial charge in [0.2, 0.25) is 0 Å². The van der Waals surface area contributed by atoms with E-state index in [1.807, 2.05) is 0 Å². The second kappa shape index (κ2) is 8.93. The highest BCUT2D eigenvalue weighted by molar-refractivity contribution is 6.02. The van der Waals surface area contributed by atoms with Crippen molar-refractivity contribution >= 4 is 17.6 Å². The van der Waals surface area contributed by atoms with E-state index in [1.165, 1.54) is 13.3 Å². The van der Waals surface area contributed by atoms with Gasteiger partial charge in [0, 0.05) is 25.8 Å². The van der Waals surface area contributed by atoms with Gasteiger partial charge in [0.15, 0.2) is 11.7 Å².